The molecule has 0 spiro atoms. The van der Waals surface area contributed by atoms with E-state index in [1.165, 1.54) is 12.1 Å². The molecule has 0 heterocycles. The van der Waals surface area contributed by atoms with E-state index in [4.69, 9.17) is 9.47 Å². The number of hydrogen-bond acceptors (Lipinski definition) is 4. The first-order chi connectivity index (χ1) is 7.90. The molecule has 1 N–H and O–H groups in total. The van der Waals surface area contributed by atoms with Crippen LogP contribution in [0.1, 0.15) is 38.1 Å². The third kappa shape index (κ3) is 3.98. The molecule has 0 fully saturated rings. The summed E-state index contributed by atoms with van der Waals surface area (Å²) >= 11 is 0. The van der Waals surface area contributed by atoms with Gasteiger partial charge < -0.3 is 14.6 Å². The van der Waals surface area contributed by atoms with Crippen molar-refractivity contribution in [3.05, 3.63) is 23.8 Å². The molecule has 0 saturated carbocycles. The molecular weight excluding hydrogens is 220 g/mol. The van der Waals surface area contributed by atoms with Gasteiger partial charge in [0.1, 0.15) is 17.1 Å². The molecule has 0 saturated heterocycles. The van der Waals surface area contributed by atoms with Gasteiger partial charge in [0.25, 0.3) is 0 Å². The second-order valence-corrected chi connectivity index (χ2v) is 4.30. The Hall–Kier alpha value is -1.71. The van der Waals surface area contributed by atoms with Crippen LogP contribution in [-0.4, -0.2) is 23.3 Å². The normalized spacial score (nSPS) is 10.7. The summed E-state index contributed by atoms with van der Waals surface area (Å²) in [5, 5.41) is 9.71. The summed E-state index contributed by atoms with van der Waals surface area (Å²) in [5.74, 6) is -0.138. The minimum absolute atomic E-state index is 0.0165. The molecule has 1 aromatic carbocycles. The van der Waals surface area contributed by atoms with Gasteiger partial charge in [-0.2, -0.15) is 0 Å². The van der Waals surface area contributed by atoms with Crippen LogP contribution in [-0.2, 0) is 4.74 Å². The van der Waals surface area contributed by atoms with E-state index < -0.39 is 5.97 Å². The highest BCUT2D eigenvalue weighted by Crippen LogP contribution is 2.25. The van der Waals surface area contributed by atoms with Crippen molar-refractivity contribution in [1.82, 2.24) is 0 Å². The van der Waals surface area contributed by atoms with Crippen molar-refractivity contribution in [1.29, 1.82) is 0 Å². The quantitative estimate of drug-likeness (QED) is 0.819. The first-order valence-electron chi connectivity index (χ1n) is 5.60. The lowest BCUT2D eigenvalue weighted by atomic mass is 10.2. The molecule has 0 bridgehead atoms. The van der Waals surface area contributed by atoms with Crippen LogP contribution in [0, 0.1) is 0 Å². The molecule has 0 amide bonds. The second kappa shape index (κ2) is 5.57. The van der Waals surface area contributed by atoms with Crippen LogP contribution in [0.4, 0.5) is 0 Å². The molecule has 17 heavy (non-hydrogen) atoms. The van der Waals surface area contributed by atoms with Crippen LogP contribution in [0.15, 0.2) is 18.2 Å². The highest BCUT2D eigenvalue weighted by atomic mass is 16.5. The number of hydrogen-bond donors (Lipinski definition) is 1. The maximum atomic E-state index is 11.6. The highest BCUT2D eigenvalue weighted by Gasteiger charge is 2.14. The van der Waals surface area contributed by atoms with Gasteiger partial charge >= 0.3 is 5.97 Å². The van der Waals surface area contributed by atoms with Gasteiger partial charge in [-0.15, -0.1) is 0 Å². The second-order valence-electron chi connectivity index (χ2n) is 4.30. The summed E-state index contributed by atoms with van der Waals surface area (Å²) in [4.78, 5) is 11.6. The Morgan fingerprint density at radius 2 is 1.82 bits per heavy atom. The Bertz CT molecular complexity index is 396. The van der Waals surface area contributed by atoms with Gasteiger partial charge in [-0.25, -0.2) is 4.79 Å². The van der Waals surface area contributed by atoms with E-state index in [1.54, 1.807) is 19.9 Å². The fourth-order valence-corrected chi connectivity index (χ4v) is 1.31. The molecule has 0 atom stereocenters. The van der Waals surface area contributed by atoms with Gasteiger partial charge in [-0.3, -0.25) is 0 Å². The summed E-state index contributed by atoms with van der Waals surface area (Å²) in [6.45, 7) is 7.28. The van der Waals surface area contributed by atoms with E-state index in [9.17, 15) is 9.90 Å². The summed E-state index contributed by atoms with van der Waals surface area (Å²) in [7, 11) is 0. The minimum atomic E-state index is -0.534. The van der Waals surface area contributed by atoms with Crippen LogP contribution >= 0.6 is 0 Å². The summed E-state index contributed by atoms with van der Waals surface area (Å²) in [6.07, 6.45) is -0.198. The number of aromatic hydroxyl groups is 1. The molecule has 94 valence electrons. The van der Waals surface area contributed by atoms with E-state index in [0.29, 0.717) is 5.75 Å². The largest absolute Gasteiger partial charge is 0.507 e. The number of benzene rings is 1. The molecule has 0 aromatic heterocycles. The topological polar surface area (TPSA) is 55.8 Å². The number of carbonyl (C=O) groups excluding carboxylic acids is 1. The van der Waals surface area contributed by atoms with E-state index in [0.717, 1.165) is 0 Å². The molecule has 0 radical (unpaired) electrons. The van der Waals surface area contributed by atoms with Crippen molar-refractivity contribution in [2.45, 2.75) is 39.9 Å². The number of ether oxygens (including phenoxy) is 2. The predicted molar refractivity (Wildman–Crippen MR) is 64.4 cm³/mol. The molecule has 4 heteroatoms. The average Bonchev–Trinajstić information content (AvgIpc) is 2.14. The Kier molecular flexibility index (Phi) is 4.37. The third-order valence-corrected chi connectivity index (χ3v) is 1.90. The minimum Gasteiger partial charge on any atom is -0.507 e. The zero-order chi connectivity index (χ0) is 13.0. The van der Waals surface area contributed by atoms with Crippen molar-refractivity contribution >= 4 is 5.97 Å². The third-order valence-electron chi connectivity index (χ3n) is 1.90. The van der Waals surface area contributed by atoms with Crippen molar-refractivity contribution in [3.63, 3.8) is 0 Å². The van der Waals surface area contributed by atoms with Crippen LogP contribution in [0.2, 0.25) is 0 Å². The number of phenols is 1. The number of phenolic OH excluding ortho intramolecular Hbond substituents is 1. The Labute approximate surface area is 101 Å². The Morgan fingerprint density at radius 3 is 2.29 bits per heavy atom. The van der Waals surface area contributed by atoms with Crippen molar-refractivity contribution in [3.8, 4) is 11.5 Å². The lowest BCUT2D eigenvalue weighted by molar-refractivity contribution is 0.0374. The van der Waals surface area contributed by atoms with Crippen molar-refractivity contribution < 1.29 is 19.4 Å². The van der Waals surface area contributed by atoms with Gasteiger partial charge in [0.05, 0.1) is 12.2 Å². The predicted octanol–water partition coefficient (Wildman–Crippen LogP) is 2.74. The highest BCUT2D eigenvalue weighted by molar-refractivity contribution is 5.92. The molecule has 1 aromatic rings. The molecule has 1 rings (SSSR count). The molecular formula is C13H18O4. The van der Waals surface area contributed by atoms with Gasteiger partial charge in [-0.1, -0.05) is 0 Å². The fraction of sp³-hybridized carbons (Fsp3) is 0.462. The summed E-state index contributed by atoms with van der Waals surface area (Å²) in [5.41, 5.74) is 0.148. The van der Waals surface area contributed by atoms with Gasteiger partial charge in [0, 0.05) is 6.07 Å². The van der Waals surface area contributed by atoms with E-state index in [2.05, 4.69) is 0 Å². The number of esters is 1. The van der Waals surface area contributed by atoms with E-state index >= 15 is 0 Å². The standard InChI is InChI=1S/C13H18O4/c1-8(2)16-10-5-6-11(12(14)7-10)13(15)17-9(3)4/h5-9,14H,1-4H3. The first-order valence-corrected chi connectivity index (χ1v) is 5.60. The van der Waals surface area contributed by atoms with Gasteiger partial charge in [0.2, 0.25) is 0 Å². The maximum absolute atomic E-state index is 11.6. The molecule has 0 aliphatic carbocycles. The lowest BCUT2D eigenvalue weighted by Gasteiger charge is -2.12. The van der Waals surface area contributed by atoms with E-state index in [1.807, 2.05) is 13.8 Å². The molecule has 0 aliphatic rings. The number of rotatable bonds is 4. The van der Waals surface area contributed by atoms with Crippen LogP contribution in [0.25, 0.3) is 0 Å². The Morgan fingerprint density at radius 1 is 1.18 bits per heavy atom. The van der Waals surface area contributed by atoms with E-state index in [-0.39, 0.29) is 23.5 Å². The summed E-state index contributed by atoms with van der Waals surface area (Å²) in [6, 6.07) is 4.55. The molecule has 0 unspecified atom stereocenters. The molecule has 4 nitrogen and oxygen atoms in total. The van der Waals surface area contributed by atoms with Crippen LogP contribution in [0.5, 0.6) is 11.5 Å². The number of carbonyl (C=O) groups is 1. The van der Waals surface area contributed by atoms with Crippen LogP contribution in [0.3, 0.4) is 0 Å². The zero-order valence-corrected chi connectivity index (χ0v) is 10.6. The molecule has 0 aliphatic heterocycles. The summed E-state index contributed by atoms with van der Waals surface area (Å²) < 4.78 is 10.4. The zero-order valence-electron chi connectivity index (χ0n) is 10.6. The smallest absolute Gasteiger partial charge is 0.342 e. The average molecular weight is 238 g/mol. The fourth-order valence-electron chi connectivity index (χ4n) is 1.31. The van der Waals surface area contributed by atoms with Crippen molar-refractivity contribution in [2.24, 2.45) is 0 Å². The van der Waals surface area contributed by atoms with Gasteiger partial charge in [0.15, 0.2) is 0 Å². The SMILES string of the molecule is CC(C)OC(=O)c1ccc(OC(C)C)cc1O. The monoisotopic (exact) mass is 238 g/mol. The van der Waals surface area contributed by atoms with Crippen molar-refractivity contribution in [2.75, 3.05) is 0 Å². The maximum Gasteiger partial charge on any atom is 0.342 e. The first kappa shape index (κ1) is 13.4. The van der Waals surface area contributed by atoms with Gasteiger partial charge in [-0.05, 0) is 39.8 Å². The lowest BCUT2D eigenvalue weighted by Crippen LogP contribution is -2.12. The van der Waals surface area contributed by atoms with Crippen LogP contribution < -0.4 is 4.74 Å². The Balaban J connectivity index is 2.86.